The third kappa shape index (κ3) is 7.89. The molecule has 0 bridgehead atoms. The lowest BCUT2D eigenvalue weighted by molar-refractivity contribution is -0.141. The molecule has 0 aliphatic heterocycles. The van der Waals surface area contributed by atoms with Crippen LogP contribution >= 0.6 is 0 Å². The van der Waals surface area contributed by atoms with Gasteiger partial charge in [0.25, 0.3) is 0 Å². The van der Waals surface area contributed by atoms with E-state index in [1.165, 1.54) is 6.08 Å². The van der Waals surface area contributed by atoms with Crippen LogP contribution in [-0.4, -0.2) is 39.9 Å². The second-order valence-corrected chi connectivity index (χ2v) is 7.77. The summed E-state index contributed by atoms with van der Waals surface area (Å²) in [6, 6.07) is 13.7. The van der Waals surface area contributed by atoms with Crippen molar-refractivity contribution < 1.29 is 27.5 Å². The van der Waals surface area contributed by atoms with Crippen molar-refractivity contribution in [1.82, 2.24) is 4.72 Å². The second kappa shape index (κ2) is 10.5. The number of sulfonamides is 1. The van der Waals surface area contributed by atoms with E-state index in [-0.39, 0.29) is 0 Å². The highest BCUT2D eigenvalue weighted by Gasteiger charge is 2.13. The first kappa shape index (κ1) is 22.3. The van der Waals surface area contributed by atoms with Gasteiger partial charge in [-0.05, 0) is 49.8 Å². The molecule has 2 aromatic rings. The van der Waals surface area contributed by atoms with Crippen LogP contribution in [0.2, 0.25) is 0 Å². The molecule has 0 spiro atoms. The number of rotatable bonds is 10. The van der Waals surface area contributed by atoms with Gasteiger partial charge in [-0.15, -0.1) is 0 Å². The van der Waals surface area contributed by atoms with E-state index in [0.29, 0.717) is 23.5 Å². The summed E-state index contributed by atoms with van der Waals surface area (Å²) in [4.78, 5) is 23.8. The van der Waals surface area contributed by atoms with E-state index >= 15 is 0 Å². The van der Waals surface area contributed by atoms with Gasteiger partial charge in [-0.1, -0.05) is 29.8 Å². The Balaban J connectivity index is 1.79. The van der Waals surface area contributed by atoms with Crippen LogP contribution in [-0.2, 0) is 19.6 Å². The first-order valence-corrected chi connectivity index (χ1v) is 10.5. The first-order valence-electron chi connectivity index (χ1n) is 8.95. The molecule has 0 aliphatic carbocycles. The minimum atomic E-state index is -3.82. The Bertz CT molecular complexity index is 963. The summed E-state index contributed by atoms with van der Waals surface area (Å²) < 4.78 is 36.1. The molecule has 8 heteroatoms. The van der Waals surface area contributed by atoms with Crippen molar-refractivity contribution in [3.63, 3.8) is 0 Å². The fourth-order valence-corrected chi connectivity index (χ4v) is 2.99. The van der Waals surface area contributed by atoms with Crippen LogP contribution in [0.1, 0.15) is 28.4 Å². The van der Waals surface area contributed by atoms with E-state index in [1.54, 1.807) is 36.4 Å². The van der Waals surface area contributed by atoms with E-state index in [2.05, 4.69) is 4.72 Å². The van der Waals surface area contributed by atoms with Crippen molar-refractivity contribution in [2.45, 2.75) is 13.8 Å². The number of Topliss-reactive ketones (excluding diaryl/α,β-unsaturated/α-hetero) is 1. The number of benzene rings is 2. The van der Waals surface area contributed by atoms with Gasteiger partial charge in [0.15, 0.2) is 12.4 Å². The van der Waals surface area contributed by atoms with Crippen LogP contribution in [0.5, 0.6) is 5.75 Å². The molecule has 154 valence electrons. The first-order chi connectivity index (χ1) is 13.8. The van der Waals surface area contributed by atoms with Crippen LogP contribution in [0.3, 0.4) is 0 Å². The molecule has 0 aliphatic rings. The molecule has 0 radical (unpaired) electrons. The number of ketones is 1. The van der Waals surface area contributed by atoms with E-state index in [0.717, 1.165) is 11.0 Å². The predicted octanol–water partition coefficient (Wildman–Crippen LogP) is 2.71. The maximum atomic E-state index is 12.0. The zero-order valence-corrected chi connectivity index (χ0v) is 17.1. The van der Waals surface area contributed by atoms with Crippen molar-refractivity contribution in [2.24, 2.45) is 0 Å². The number of esters is 1. The van der Waals surface area contributed by atoms with Crippen molar-refractivity contribution >= 4 is 27.9 Å². The van der Waals surface area contributed by atoms with Gasteiger partial charge in [-0.2, -0.15) is 0 Å². The average Bonchev–Trinajstić information content (AvgIpc) is 2.71. The lowest BCUT2D eigenvalue weighted by atomic mass is 10.1. The smallest absolute Gasteiger partial charge is 0.321 e. The Kier molecular flexibility index (Phi) is 8.11. The molecule has 0 unspecified atom stereocenters. The van der Waals surface area contributed by atoms with Gasteiger partial charge >= 0.3 is 5.97 Å². The summed E-state index contributed by atoms with van der Waals surface area (Å²) >= 11 is 0. The summed E-state index contributed by atoms with van der Waals surface area (Å²) in [5.41, 5.74) is 2.14. The lowest BCUT2D eigenvalue weighted by Gasteiger charge is -2.06. The summed E-state index contributed by atoms with van der Waals surface area (Å²) in [5.74, 6) is -0.616. The number of hydrogen-bond acceptors (Lipinski definition) is 6. The normalized spacial score (nSPS) is 11.4. The Hall–Kier alpha value is -2.97. The van der Waals surface area contributed by atoms with Crippen molar-refractivity contribution in [2.75, 3.05) is 19.8 Å². The van der Waals surface area contributed by atoms with Gasteiger partial charge in [-0.3, -0.25) is 9.59 Å². The topological polar surface area (TPSA) is 98.8 Å². The van der Waals surface area contributed by atoms with E-state index < -0.39 is 34.9 Å². The number of hydrogen-bond donors (Lipinski definition) is 1. The molecule has 2 aromatic carbocycles. The molecule has 2 rings (SSSR count). The molecule has 0 heterocycles. The minimum absolute atomic E-state index is 0.364. The number of ether oxygens (including phenoxy) is 2. The molecule has 0 aromatic heterocycles. The highest BCUT2D eigenvalue weighted by atomic mass is 32.2. The fraction of sp³-hybridized carbons (Fsp3) is 0.238. The molecular formula is C21H23NO6S. The van der Waals surface area contributed by atoms with Crippen molar-refractivity contribution in [3.8, 4) is 5.75 Å². The number of aryl methyl sites for hydroxylation is 1. The quantitative estimate of drug-likeness (QED) is 0.471. The molecule has 0 saturated carbocycles. The van der Waals surface area contributed by atoms with E-state index in [4.69, 9.17) is 9.47 Å². The zero-order valence-electron chi connectivity index (χ0n) is 16.3. The maximum Gasteiger partial charge on any atom is 0.321 e. The van der Waals surface area contributed by atoms with E-state index in [1.807, 2.05) is 26.0 Å². The van der Waals surface area contributed by atoms with Crippen LogP contribution in [0, 0.1) is 6.92 Å². The fourth-order valence-electron chi connectivity index (χ4n) is 2.24. The van der Waals surface area contributed by atoms with E-state index in [9.17, 15) is 18.0 Å². The summed E-state index contributed by atoms with van der Waals surface area (Å²) in [6.45, 7) is 3.25. The largest absolute Gasteiger partial charge is 0.494 e. The second-order valence-electron chi connectivity index (χ2n) is 6.12. The van der Waals surface area contributed by atoms with Gasteiger partial charge in [0.2, 0.25) is 10.0 Å². The lowest BCUT2D eigenvalue weighted by Crippen LogP contribution is -2.30. The highest BCUT2D eigenvalue weighted by molar-refractivity contribution is 7.92. The van der Waals surface area contributed by atoms with Gasteiger partial charge in [0.05, 0.1) is 6.61 Å². The molecule has 1 N–H and O–H groups in total. The average molecular weight is 417 g/mol. The highest BCUT2D eigenvalue weighted by Crippen LogP contribution is 2.12. The number of carbonyl (C=O) groups excluding carboxylic acids is 2. The number of carbonyl (C=O) groups is 2. The molecular weight excluding hydrogens is 394 g/mol. The monoisotopic (exact) mass is 417 g/mol. The van der Waals surface area contributed by atoms with Crippen LogP contribution in [0.4, 0.5) is 0 Å². The van der Waals surface area contributed by atoms with Gasteiger partial charge in [0, 0.05) is 11.0 Å². The predicted molar refractivity (Wildman–Crippen MR) is 110 cm³/mol. The third-order valence-corrected chi connectivity index (χ3v) is 4.83. The Morgan fingerprint density at radius 1 is 1.03 bits per heavy atom. The summed E-state index contributed by atoms with van der Waals surface area (Å²) in [5, 5.41) is 0.968. The minimum Gasteiger partial charge on any atom is -0.494 e. The van der Waals surface area contributed by atoms with Crippen molar-refractivity contribution in [1.29, 1.82) is 0 Å². The molecule has 0 atom stereocenters. The van der Waals surface area contributed by atoms with Crippen LogP contribution in [0.25, 0.3) is 6.08 Å². The van der Waals surface area contributed by atoms with Crippen LogP contribution < -0.4 is 9.46 Å². The maximum absolute atomic E-state index is 12.0. The van der Waals surface area contributed by atoms with Crippen LogP contribution in [0.15, 0.2) is 53.9 Å². The Morgan fingerprint density at radius 3 is 2.31 bits per heavy atom. The molecule has 0 fully saturated rings. The summed E-state index contributed by atoms with van der Waals surface area (Å²) in [6.07, 6.45) is 1.42. The SMILES string of the molecule is CCOc1ccc(C(=O)COC(=O)CNS(=O)(=O)/C=C/c2ccc(C)cc2)cc1. The Labute approximate surface area is 170 Å². The van der Waals surface area contributed by atoms with Gasteiger partial charge in [-0.25, -0.2) is 13.1 Å². The van der Waals surface area contributed by atoms with Gasteiger partial charge < -0.3 is 9.47 Å². The number of nitrogens with one attached hydrogen (secondary N) is 1. The summed E-state index contributed by atoms with van der Waals surface area (Å²) in [7, 11) is -3.82. The van der Waals surface area contributed by atoms with Gasteiger partial charge in [0.1, 0.15) is 12.3 Å². The molecule has 29 heavy (non-hydrogen) atoms. The molecule has 0 saturated heterocycles. The van der Waals surface area contributed by atoms with Crippen molar-refractivity contribution in [3.05, 3.63) is 70.6 Å². The Morgan fingerprint density at radius 2 is 1.69 bits per heavy atom. The molecule has 0 amide bonds. The third-order valence-electron chi connectivity index (χ3n) is 3.79. The standard InChI is InChI=1S/C21H23NO6S/c1-3-27-19-10-8-18(9-11-19)20(23)15-28-21(24)14-22-29(25,26)13-12-17-6-4-16(2)5-7-17/h4-13,22H,3,14-15H2,1-2H3/b13-12+. The molecule has 7 nitrogen and oxygen atoms in total. The zero-order chi connectivity index (χ0) is 21.3.